The highest BCUT2D eigenvalue weighted by molar-refractivity contribution is 5.78. The average molecular weight is 293 g/mol. The Morgan fingerprint density at radius 2 is 1.86 bits per heavy atom. The van der Waals surface area contributed by atoms with E-state index in [4.69, 9.17) is 0 Å². The van der Waals surface area contributed by atoms with Crippen molar-refractivity contribution in [2.24, 2.45) is 11.8 Å². The van der Waals surface area contributed by atoms with Crippen molar-refractivity contribution in [2.75, 3.05) is 32.7 Å². The first kappa shape index (κ1) is 15.3. The van der Waals surface area contributed by atoms with E-state index in [0.717, 1.165) is 38.0 Å². The van der Waals surface area contributed by atoms with Gasteiger partial charge in [0.25, 0.3) is 0 Å². The fourth-order valence-corrected chi connectivity index (χ4v) is 3.97. The molecule has 0 spiro atoms. The molecule has 2 heterocycles. The molecule has 0 aromatic carbocycles. The van der Waals surface area contributed by atoms with Crippen LogP contribution in [0.5, 0.6) is 0 Å². The molecule has 1 atom stereocenters. The number of amides is 1. The summed E-state index contributed by atoms with van der Waals surface area (Å²) in [5.41, 5.74) is 0. The number of carbonyl (C=O) groups is 1. The first-order chi connectivity index (χ1) is 10.3. The lowest BCUT2D eigenvalue weighted by Gasteiger charge is -2.37. The minimum atomic E-state index is 0.253. The molecule has 1 aliphatic carbocycles. The van der Waals surface area contributed by atoms with Crippen LogP contribution in [0.3, 0.4) is 0 Å². The van der Waals surface area contributed by atoms with Crippen molar-refractivity contribution in [3.63, 3.8) is 0 Å². The van der Waals surface area contributed by atoms with E-state index < -0.39 is 0 Å². The Morgan fingerprint density at radius 1 is 1.05 bits per heavy atom. The lowest BCUT2D eigenvalue weighted by Crippen LogP contribution is -2.48. The van der Waals surface area contributed by atoms with E-state index in [1.165, 1.54) is 51.4 Å². The van der Waals surface area contributed by atoms with Gasteiger partial charge in [0, 0.05) is 12.6 Å². The maximum atomic E-state index is 12.2. The zero-order valence-electron chi connectivity index (χ0n) is 13.3. The standard InChI is InChI=1S/C17H31N3O/c21-17(19-12-14-5-6-14)13-20-11-3-1-2-4-16(20)15-7-9-18-10-8-15/h14-16,18H,1-13H2,(H,19,21). The van der Waals surface area contributed by atoms with Gasteiger partial charge >= 0.3 is 0 Å². The van der Waals surface area contributed by atoms with Crippen molar-refractivity contribution < 1.29 is 4.79 Å². The number of nitrogens with one attached hydrogen (secondary N) is 2. The third-order valence-corrected chi connectivity index (χ3v) is 5.47. The summed E-state index contributed by atoms with van der Waals surface area (Å²) in [4.78, 5) is 14.7. The molecule has 3 fully saturated rings. The molecule has 2 N–H and O–H groups in total. The van der Waals surface area contributed by atoms with E-state index in [9.17, 15) is 4.79 Å². The molecule has 2 saturated heterocycles. The maximum Gasteiger partial charge on any atom is 0.234 e. The number of rotatable bonds is 5. The summed E-state index contributed by atoms with van der Waals surface area (Å²) < 4.78 is 0. The molecule has 0 aromatic heterocycles. The molecular weight excluding hydrogens is 262 g/mol. The van der Waals surface area contributed by atoms with Crippen molar-refractivity contribution >= 4 is 5.91 Å². The van der Waals surface area contributed by atoms with Crippen LogP contribution in [0.25, 0.3) is 0 Å². The summed E-state index contributed by atoms with van der Waals surface area (Å²) in [6.45, 7) is 4.96. The van der Waals surface area contributed by atoms with Crippen molar-refractivity contribution in [1.29, 1.82) is 0 Å². The minimum absolute atomic E-state index is 0.253. The summed E-state index contributed by atoms with van der Waals surface area (Å²) in [5, 5.41) is 6.61. The first-order valence-electron chi connectivity index (χ1n) is 9.04. The molecule has 120 valence electrons. The molecule has 3 aliphatic rings. The van der Waals surface area contributed by atoms with Gasteiger partial charge in [-0.3, -0.25) is 9.69 Å². The quantitative estimate of drug-likeness (QED) is 0.812. The van der Waals surface area contributed by atoms with Gasteiger partial charge in [-0.25, -0.2) is 0 Å². The highest BCUT2D eigenvalue weighted by Gasteiger charge is 2.31. The molecule has 1 amide bonds. The second-order valence-corrected chi connectivity index (χ2v) is 7.22. The zero-order valence-corrected chi connectivity index (χ0v) is 13.3. The summed E-state index contributed by atoms with van der Waals surface area (Å²) in [6, 6.07) is 0.640. The van der Waals surface area contributed by atoms with Gasteiger partial charge < -0.3 is 10.6 Å². The van der Waals surface area contributed by atoms with E-state index in [1.54, 1.807) is 0 Å². The van der Waals surface area contributed by atoms with Crippen LogP contribution in [0.15, 0.2) is 0 Å². The fraction of sp³-hybridized carbons (Fsp3) is 0.941. The van der Waals surface area contributed by atoms with E-state index in [1.807, 2.05) is 0 Å². The smallest absolute Gasteiger partial charge is 0.234 e. The Kier molecular flexibility index (Phi) is 5.53. The van der Waals surface area contributed by atoms with E-state index in [0.29, 0.717) is 12.6 Å². The molecular formula is C17H31N3O. The summed E-state index contributed by atoms with van der Waals surface area (Å²) in [6.07, 6.45) is 10.4. The van der Waals surface area contributed by atoms with Gasteiger partial charge in [0.2, 0.25) is 5.91 Å². The van der Waals surface area contributed by atoms with Gasteiger partial charge in [-0.15, -0.1) is 0 Å². The molecule has 0 bridgehead atoms. The normalized spacial score (nSPS) is 29.0. The molecule has 4 nitrogen and oxygen atoms in total. The topological polar surface area (TPSA) is 44.4 Å². The molecule has 1 saturated carbocycles. The molecule has 21 heavy (non-hydrogen) atoms. The van der Waals surface area contributed by atoms with Crippen LogP contribution in [-0.2, 0) is 4.79 Å². The van der Waals surface area contributed by atoms with Crippen molar-refractivity contribution in [3.05, 3.63) is 0 Å². The zero-order chi connectivity index (χ0) is 14.5. The lowest BCUT2D eigenvalue weighted by atomic mass is 9.87. The highest BCUT2D eigenvalue weighted by atomic mass is 16.2. The van der Waals surface area contributed by atoms with Crippen LogP contribution in [0, 0.1) is 11.8 Å². The Balaban J connectivity index is 1.53. The molecule has 0 aromatic rings. The number of piperidine rings is 1. The number of carbonyl (C=O) groups excluding carboxylic acids is 1. The fourth-order valence-electron chi connectivity index (χ4n) is 3.97. The van der Waals surface area contributed by atoms with Gasteiger partial charge in [-0.05, 0) is 70.0 Å². The van der Waals surface area contributed by atoms with Gasteiger partial charge in [0.15, 0.2) is 0 Å². The Bertz CT molecular complexity index is 337. The van der Waals surface area contributed by atoms with Crippen LogP contribution in [0.1, 0.15) is 51.4 Å². The predicted octanol–water partition coefficient (Wildman–Crippen LogP) is 1.76. The summed E-state index contributed by atoms with van der Waals surface area (Å²) in [7, 11) is 0. The van der Waals surface area contributed by atoms with Gasteiger partial charge in [-0.1, -0.05) is 12.8 Å². The summed E-state index contributed by atoms with van der Waals surface area (Å²) in [5.74, 6) is 1.82. The predicted molar refractivity (Wildman–Crippen MR) is 85.2 cm³/mol. The number of hydrogen-bond acceptors (Lipinski definition) is 3. The van der Waals surface area contributed by atoms with Crippen LogP contribution < -0.4 is 10.6 Å². The van der Waals surface area contributed by atoms with E-state index in [2.05, 4.69) is 15.5 Å². The SMILES string of the molecule is O=C(CN1CCCCCC1C1CCNCC1)NCC1CC1. The Hall–Kier alpha value is -0.610. The first-order valence-corrected chi connectivity index (χ1v) is 9.04. The Morgan fingerprint density at radius 3 is 2.62 bits per heavy atom. The molecule has 2 aliphatic heterocycles. The lowest BCUT2D eigenvalue weighted by molar-refractivity contribution is -0.123. The van der Waals surface area contributed by atoms with Crippen LogP contribution in [-0.4, -0.2) is 49.6 Å². The van der Waals surface area contributed by atoms with Gasteiger partial charge in [0.1, 0.15) is 0 Å². The molecule has 1 unspecified atom stereocenters. The number of nitrogens with zero attached hydrogens (tertiary/aromatic N) is 1. The van der Waals surface area contributed by atoms with Crippen molar-refractivity contribution in [3.8, 4) is 0 Å². The molecule has 4 heteroatoms. The van der Waals surface area contributed by atoms with Crippen LogP contribution in [0.4, 0.5) is 0 Å². The van der Waals surface area contributed by atoms with Crippen molar-refractivity contribution in [2.45, 2.75) is 57.4 Å². The van der Waals surface area contributed by atoms with Crippen LogP contribution >= 0.6 is 0 Å². The molecule has 3 rings (SSSR count). The van der Waals surface area contributed by atoms with Crippen molar-refractivity contribution in [1.82, 2.24) is 15.5 Å². The summed E-state index contributed by atoms with van der Waals surface area (Å²) >= 11 is 0. The maximum absolute atomic E-state index is 12.2. The largest absolute Gasteiger partial charge is 0.355 e. The average Bonchev–Trinajstić information content (AvgIpc) is 3.34. The second kappa shape index (κ2) is 7.59. The number of likely N-dealkylation sites (tertiary alicyclic amines) is 1. The van der Waals surface area contributed by atoms with E-state index >= 15 is 0 Å². The minimum Gasteiger partial charge on any atom is -0.355 e. The third-order valence-electron chi connectivity index (χ3n) is 5.47. The van der Waals surface area contributed by atoms with Crippen LogP contribution in [0.2, 0.25) is 0 Å². The molecule has 0 radical (unpaired) electrons. The Labute approximate surface area is 129 Å². The number of hydrogen-bond donors (Lipinski definition) is 2. The highest BCUT2D eigenvalue weighted by Crippen LogP contribution is 2.29. The van der Waals surface area contributed by atoms with Gasteiger partial charge in [0.05, 0.1) is 6.54 Å². The van der Waals surface area contributed by atoms with E-state index in [-0.39, 0.29) is 5.91 Å². The second-order valence-electron chi connectivity index (χ2n) is 7.22. The van der Waals surface area contributed by atoms with Gasteiger partial charge in [-0.2, -0.15) is 0 Å². The monoisotopic (exact) mass is 293 g/mol. The third kappa shape index (κ3) is 4.68.